The van der Waals surface area contributed by atoms with Crippen molar-refractivity contribution in [3.63, 3.8) is 0 Å². The Morgan fingerprint density at radius 1 is 1.00 bits per heavy atom. The maximum absolute atomic E-state index is 14.2. The highest BCUT2D eigenvalue weighted by molar-refractivity contribution is 9.10. The van der Waals surface area contributed by atoms with Crippen molar-refractivity contribution < 1.29 is 28.9 Å². The van der Waals surface area contributed by atoms with Gasteiger partial charge in [-0.05, 0) is 61.9 Å². The maximum Gasteiger partial charge on any atom is 0.407 e. The van der Waals surface area contributed by atoms with E-state index in [0.29, 0.717) is 27.1 Å². The van der Waals surface area contributed by atoms with Crippen LogP contribution >= 0.6 is 15.9 Å². The lowest BCUT2D eigenvalue weighted by Crippen LogP contribution is -2.48. The Labute approximate surface area is 279 Å². The van der Waals surface area contributed by atoms with E-state index in [4.69, 9.17) is 25.7 Å². The first-order valence-corrected chi connectivity index (χ1v) is 15.3. The molecule has 0 fully saturated rings. The number of nitrogens with zero attached hydrogens (tertiary/aromatic N) is 2. The summed E-state index contributed by atoms with van der Waals surface area (Å²) in [7, 11) is 4.40. The van der Waals surface area contributed by atoms with Gasteiger partial charge in [-0.15, -0.1) is 0 Å². The van der Waals surface area contributed by atoms with Crippen molar-refractivity contribution in [2.45, 2.75) is 17.9 Å². The molecule has 0 radical (unpaired) electrons. The summed E-state index contributed by atoms with van der Waals surface area (Å²) in [5, 5.41) is 23.0. The van der Waals surface area contributed by atoms with Crippen molar-refractivity contribution in [3.05, 3.63) is 111 Å². The van der Waals surface area contributed by atoms with Gasteiger partial charge >= 0.3 is 6.09 Å². The summed E-state index contributed by atoms with van der Waals surface area (Å²) in [5.41, 5.74) is 18.1. The number of hydrogen-bond donors (Lipinski definition) is 4. The van der Waals surface area contributed by atoms with Crippen LogP contribution in [0.1, 0.15) is 34.1 Å². The van der Waals surface area contributed by atoms with Crippen LogP contribution in [0.15, 0.2) is 88.7 Å². The SMILES string of the molecule is COc1cc([C@H]2C(C#N)=C(N)Oc3c2ccc(NC(=O)C(C2c4ccccc4-c4ccccc42)N(C)C(=O)O)c3N)cc(Br)c1OC. The molecule has 4 aromatic carbocycles. The van der Waals surface area contributed by atoms with E-state index in [1.165, 1.54) is 21.3 Å². The molecule has 0 aromatic heterocycles. The average Bonchev–Trinajstić information content (AvgIpc) is 3.39. The third-order valence-corrected chi connectivity index (χ3v) is 9.25. The molecular weight excluding hydrogens is 666 g/mol. The fourth-order valence-electron chi connectivity index (χ4n) is 6.51. The van der Waals surface area contributed by atoms with E-state index in [1.807, 2.05) is 48.5 Å². The van der Waals surface area contributed by atoms with E-state index >= 15 is 0 Å². The molecule has 238 valence electrons. The van der Waals surface area contributed by atoms with E-state index in [-0.39, 0.29) is 28.6 Å². The largest absolute Gasteiger partial charge is 0.493 e. The molecule has 1 unspecified atom stereocenters. The summed E-state index contributed by atoms with van der Waals surface area (Å²) >= 11 is 3.51. The van der Waals surface area contributed by atoms with E-state index in [1.54, 1.807) is 24.3 Å². The molecule has 6 rings (SSSR count). The summed E-state index contributed by atoms with van der Waals surface area (Å²) in [5.74, 6) is -0.933. The van der Waals surface area contributed by atoms with Gasteiger partial charge in [-0.25, -0.2) is 4.79 Å². The number of hydrogen-bond acceptors (Lipinski definition) is 8. The molecule has 1 aliphatic heterocycles. The number of halogens is 1. The van der Waals surface area contributed by atoms with Crippen LogP contribution in [-0.4, -0.2) is 49.3 Å². The van der Waals surface area contributed by atoms with Crippen molar-refractivity contribution in [2.75, 3.05) is 32.3 Å². The zero-order valence-corrected chi connectivity index (χ0v) is 27.2. The lowest BCUT2D eigenvalue weighted by atomic mass is 9.83. The number of amides is 2. The van der Waals surface area contributed by atoms with Gasteiger partial charge < -0.3 is 36.1 Å². The Morgan fingerprint density at radius 2 is 1.64 bits per heavy atom. The van der Waals surface area contributed by atoms with Crippen molar-refractivity contribution >= 4 is 39.3 Å². The molecule has 0 saturated heterocycles. The number of nitrogen functional groups attached to an aromatic ring is 1. The number of carbonyl (C=O) groups is 2. The van der Waals surface area contributed by atoms with Gasteiger partial charge in [0.15, 0.2) is 17.2 Å². The molecule has 47 heavy (non-hydrogen) atoms. The Bertz CT molecular complexity index is 1980. The maximum atomic E-state index is 14.2. The van der Waals surface area contributed by atoms with Crippen LogP contribution in [0, 0.1) is 11.3 Å². The normalized spacial score (nSPS) is 15.3. The van der Waals surface area contributed by atoms with Gasteiger partial charge in [0.05, 0.1) is 36.0 Å². The van der Waals surface area contributed by atoms with Crippen LogP contribution < -0.4 is 31.0 Å². The molecule has 1 heterocycles. The average molecular weight is 697 g/mol. The lowest BCUT2D eigenvalue weighted by Gasteiger charge is -2.32. The molecule has 0 spiro atoms. The first kappa shape index (κ1) is 31.3. The second kappa shape index (κ2) is 12.3. The van der Waals surface area contributed by atoms with Crippen molar-refractivity contribution in [1.82, 2.24) is 4.90 Å². The molecule has 11 nitrogen and oxygen atoms in total. The van der Waals surface area contributed by atoms with Crippen LogP contribution in [0.5, 0.6) is 17.2 Å². The number of ether oxygens (including phenoxy) is 3. The number of nitriles is 1. The van der Waals surface area contributed by atoms with Gasteiger partial charge in [-0.1, -0.05) is 54.6 Å². The first-order valence-electron chi connectivity index (χ1n) is 14.5. The molecule has 0 saturated carbocycles. The van der Waals surface area contributed by atoms with Crippen molar-refractivity contribution in [3.8, 4) is 34.4 Å². The van der Waals surface area contributed by atoms with Crippen molar-refractivity contribution in [1.29, 1.82) is 5.26 Å². The summed E-state index contributed by atoms with van der Waals surface area (Å²) < 4.78 is 17.5. The molecule has 6 N–H and O–H groups in total. The topological polar surface area (TPSA) is 173 Å². The van der Waals surface area contributed by atoms with Gasteiger partial charge in [0.2, 0.25) is 11.8 Å². The number of anilines is 2. The molecule has 4 aromatic rings. The van der Waals surface area contributed by atoms with Crippen LogP contribution in [0.3, 0.4) is 0 Å². The Kier molecular flexibility index (Phi) is 8.17. The Hall–Kier alpha value is -5.67. The van der Waals surface area contributed by atoms with E-state index in [2.05, 4.69) is 27.3 Å². The van der Waals surface area contributed by atoms with Gasteiger partial charge in [-0.2, -0.15) is 5.26 Å². The van der Waals surface area contributed by atoms with Crippen LogP contribution in [0.2, 0.25) is 0 Å². The van der Waals surface area contributed by atoms with Crippen LogP contribution in [0.4, 0.5) is 16.2 Å². The number of likely N-dealkylation sites (N-methyl/N-ethyl adjacent to an activating group) is 1. The quantitative estimate of drug-likeness (QED) is 0.169. The fraction of sp³-hybridized carbons (Fsp3) is 0.171. The zero-order chi connectivity index (χ0) is 33.6. The number of carbonyl (C=O) groups excluding carboxylic acids is 1. The van der Waals surface area contributed by atoms with E-state index in [0.717, 1.165) is 27.2 Å². The highest BCUT2D eigenvalue weighted by Gasteiger charge is 2.42. The summed E-state index contributed by atoms with van der Waals surface area (Å²) in [6.45, 7) is 0. The third kappa shape index (κ3) is 5.14. The van der Waals surface area contributed by atoms with Crippen molar-refractivity contribution in [2.24, 2.45) is 5.73 Å². The van der Waals surface area contributed by atoms with Crippen LogP contribution in [-0.2, 0) is 4.79 Å². The highest BCUT2D eigenvalue weighted by Crippen LogP contribution is 2.50. The number of rotatable bonds is 7. The first-order chi connectivity index (χ1) is 22.6. The minimum Gasteiger partial charge on any atom is -0.493 e. The number of nitrogens with two attached hydrogens (primary N) is 2. The number of carboxylic acid groups (broad SMARTS) is 1. The molecule has 2 aliphatic rings. The fourth-order valence-corrected chi connectivity index (χ4v) is 7.13. The predicted octanol–water partition coefficient (Wildman–Crippen LogP) is 6.00. The van der Waals surface area contributed by atoms with Crippen LogP contribution in [0.25, 0.3) is 11.1 Å². The molecule has 2 amide bonds. The molecule has 12 heteroatoms. The van der Waals surface area contributed by atoms with Gasteiger partial charge in [0, 0.05) is 18.5 Å². The van der Waals surface area contributed by atoms with Gasteiger partial charge in [-0.3, -0.25) is 9.69 Å². The summed E-state index contributed by atoms with van der Waals surface area (Å²) in [6, 6.07) is 23.1. The third-order valence-electron chi connectivity index (χ3n) is 8.66. The van der Waals surface area contributed by atoms with Gasteiger partial charge in [0.1, 0.15) is 17.7 Å². The minimum absolute atomic E-state index is 0.0595. The standard InChI is InChI=1S/C35H30BrN5O6/c1-41(35(43)44)30(28-20-10-6-4-8-18(20)19-9-5-7-11-21(19)28)34(42)40-25-13-12-22-27(23(16-37)33(39)47-31(22)29(25)38)17-14-24(36)32(46-3)26(15-17)45-2/h4-15,27-28,30H,38-39H2,1-3H3,(H,40,42)(H,43,44)/t27-,30?/m1/s1. The molecule has 0 bridgehead atoms. The van der Waals surface area contributed by atoms with E-state index in [9.17, 15) is 20.0 Å². The summed E-state index contributed by atoms with van der Waals surface area (Å²) in [4.78, 5) is 27.5. The number of benzene rings is 4. The number of methoxy groups -OCH3 is 2. The zero-order valence-electron chi connectivity index (χ0n) is 25.6. The molecule has 1 aliphatic carbocycles. The smallest absolute Gasteiger partial charge is 0.407 e. The molecular formula is C35H30BrN5O6. The highest BCUT2D eigenvalue weighted by atomic mass is 79.9. The number of fused-ring (bicyclic) bond motifs is 4. The van der Waals surface area contributed by atoms with Gasteiger partial charge in [0.25, 0.3) is 0 Å². The Morgan fingerprint density at radius 3 is 2.21 bits per heavy atom. The predicted molar refractivity (Wildman–Crippen MR) is 179 cm³/mol. The minimum atomic E-state index is -1.26. The second-order valence-electron chi connectivity index (χ2n) is 11.1. The lowest BCUT2D eigenvalue weighted by molar-refractivity contribution is -0.120. The molecule has 2 atom stereocenters. The Balaban J connectivity index is 1.42. The number of nitrogens with one attached hydrogen (secondary N) is 1. The monoisotopic (exact) mass is 695 g/mol. The summed E-state index contributed by atoms with van der Waals surface area (Å²) in [6.07, 6.45) is -1.26. The van der Waals surface area contributed by atoms with E-state index < -0.39 is 29.9 Å². The number of allylic oxidation sites excluding steroid dienone is 1. The second-order valence-corrected chi connectivity index (χ2v) is 11.9.